The standard InChI is InChI=1S/C9H19FN2/c1-7(2)5-12-4-3-9(11)8(10)6-12/h7-9H,3-6,11H2,1-2H3/t8-,9-/m0/s1. The first-order valence-corrected chi connectivity index (χ1v) is 4.71. The fourth-order valence-corrected chi connectivity index (χ4v) is 1.67. The summed E-state index contributed by atoms with van der Waals surface area (Å²) in [6.07, 6.45) is -0.0223. The van der Waals surface area contributed by atoms with Gasteiger partial charge in [0.05, 0.1) is 0 Å². The highest BCUT2D eigenvalue weighted by molar-refractivity contribution is 4.82. The molecule has 2 nitrogen and oxygen atoms in total. The van der Waals surface area contributed by atoms with Gasteiger partial charge in [-0.2, -0.15) is 0 Å². The summed E-state index contributed by atoms with van der Waals surface area (Å²) in [6, 6.07) is -0.228. The van der Waals surface area contributed by atoms with Gasteiger partial charge in [0.25, 0.3) is 0 Å². The van der Waals surface area contributed by atoms with Gasteiger partial charge in [-0.25, -0.2) is 4.39 Å². The lowest BCUT2D eigenvalue weighted by molar-refractivity contribution is 0.110. The number of halogens is 1. The van der Waals surface area contributed by atoms with Gasteiger partial charge in [-0.3, -0.25) is 0 Å². The van der Waals surface area contributed by atoms with Crippen molar-refractivity contribution < 1.29 is 4.39 Å². The molecule has 72 valence electrons. The number of alkyl halides is 1. The first kappa shape index (κ1) is 9.93. The van der Waals surface area contributed by atoms with E-state index in [9.17, 15) is 4.39 Å². The first-order chi connectivity index (χ1) is 5.59. The van der Waals surface area contributed by atoms with Gasteiger partial charge in [-0.15, -0.1) is 0 Å². The van der Waals surface area contributed by atoms with Gasteiger partial charge >= 0.3 is 0 Å². The fourth-order valence-electron chi connectivity index (χ4n) is 1.67. The molecule has 1 fully saturated rings. The lowest BCUT2D eigenvalue weighted by atomic mass is 10.0. The summed E-state index contributed by atoms with van der Waals surface area (Å²) in [5.41, 5.74) is 5.57. The van der Waals surface area contributed by atoms with E-state index >= 15 is 0 Å². The number of hydrogen-bond acceptors (Lipinski definition) is 2. The number of nitrogens with zero attached hydrogens (tertiary/aromatic N) is 1. The van der Waals surface area contributed by atoms with Crippen LogP contribution in [0.15, 0.2) is 0 Å². The van der Waals surface area contributed by atoms with Crippen molar-refractivity contribution in [1.29, 1.82) is 0 Å². The Hall–Kier alpha value is -0.150. The van der Waals surface area contributed by atoms with Crippen molar-refractivity contribution in [3.05, 3.63) is 0 Å². The number of hydrogen-bond donors (Lipinski definition) is 1. The minimum Gasteiger partial charge on any atom is -0.325 e. The average molecular weight is 174 g/mol. The van der Waals surface area contributed by atoms with Gasteiger partial charge in [-0.05, 0) is 18.9 Å². The van der Waals surface area contributed by atoms with Crippen molar-refractivity contribution in [2.75, 3.05) is 19.6 Å². The molecular formula is C9H19FN2. The molecule has 0 saturated carbocycles. The molecule has 1 rings (SSSR count). The van der Waals surface area contributed by atoms with Crippen molar-refractivity contribution in [2.45, 2.75) is 32.5 Å². The zero-order valence-electron chi connectivity index (χ0n) is 7.96. The number of nitrogens with two attached hydrogens (primary N) is 1. The SMILES string of the molecule is CC(C)CN1CC[C@H](N)[C@@H](F)C1. The molecule has 12 heavy (non-hydrogen) atoms. The predicted octanol–water partition coefficient (Wildman–Crippen LogP) is 1.01. The van der Waals surface area contributed by atoms with Crippen molar-refractivity contribution in [3.63, 3.8) is 0 Å². The van der Waals surface area contributed by atoms with Gasteiger partial charge in [-0.1, -0.05) is 13.8 Å². The quantitative estimate of drug-likeness (QED) is 0.677. The molecule has 0 bridgehead atoms. The third-order valence-electron chi connectivity index (χ3n) is 2.30. The second kappa shape index (κ2) is 4.19. The van der Waals surface area contributed by atoms with Crippen LogP contribution in [0.25, 0.3) is 0 Å². The van der Waals surface area contributed by atoms with Gasteiger partial charge in [0.2, 0.25) is 0 Å². The van der Waals surface area contributed by atoms with E-state index in [0.717, 1.165) is 19.5 Å². The highest BCUT2D eigenvalue weighted by Crippen LogP contribution is 2.13. The Labute approximate surface area is 73.9 Å². The maximum absolute atomic E-state index is 13.1. The van der Waals surface area contributed by atoms with E-state index in [1.807, 2.05) is 0 Å². The zero-order valence-corrected chi connectivity index (χ0v) is 7.96. The average Bonchev–Trinajstić information content (AvgIpc) is 1.96. The van der Waals surface area contributed by atoms with Gasteiger partial charge in [0, 0.05) is 19.1 Å². The maximum Gasteiger partial charge on any atom is 0.128 e. The van der Waals surface area contributed by atoms with E-state index in [1.54, 1.807) is 0 Å². The molecule has 2 N–H and O–H groups in total. The summed E-state index contributed by atoms with van der Waals surface area (Å²) >= 11 is 0. The number of likely N-dealkylation sites (tertiary alicyclic amines) is 1. The Bertz CT molecular complexity index is 138. The largest absolute Gasteiger partial charge is 0.325 e. The Morgan fingerprint density at radius 3 is 2.75 bits per heavy atom. The predicted molar refractivity (Wildman–Crippen MR) is 48.8 cm³/mol. The van der Waals surface area contributed by atoms with E-state index in [1.165, 1.54) is 0 Å². The van der Waals surface area contributed by atoms with Crippen LogP contribution < -0.4 is 5.73 Å². The second-order valence-electron chi connectivity index (χ2n) is 4.12. The normalized spacial score (nSPS) is 32.8. The minimum atomic E-state index is -0.822. The molecule has 0 amide bonds. The van der Waals surface area contributed by atoms with Crippen molar-refractivity contribution in [3.8, 4) is 0 Å². The molecule has 0 aromatic rings. The molecule has 0 unspecified atom stereocenters. The topological polar surface area (TPSA) is 29.3 Å². The summed E-state index contributed by atoms with van der Waals surface area (Å²) in [6.45, 7) is 6.79. The third-order valence-corrected chi connectivity index (χ3v) is 2.30. The Kier molecular flexibility index (Phi) is 3.47. The van der Waals surface area contributed by atoms with E-state index in [4.69, 9.17) is 5.73 Å². The number of piperidine rings is 1. The molecule has 1 saturated heterocycles. The van der Waals surface area contributed by atoms with Crippen LogP contribution >= 0.6 is 0 Å². The highest BCUT2D eigenvalue weighted by atomic mass is 19.1. The third kappa shape index (κ3) is 2.72. The van der Waals surface area contributed by atoms with Crippen LogP contribution in [-0.4, -0.2) is 36.7 Å². The molecule has 2 atom stereocenters. The Morgan fingerprint density at radius 1 is 1.58 bits per heavy atom. The Balaban J connectivity index is 2.30. The molecule has 0 aliphatic carbocycles. The van der Waals surface area contributed by atoms with Crippen molar-refractivity contribution >= 4 is 0 Å². The summed E-state index contributed by atoms with van der Waals surface area (Å²) in [4.78, 5) is 2.17. The zero-order chi connectivity index (χ0) is 9.14. The van der Waals surface area contributed by atoms with Crippen LogP contribution in [0.2, 0.25) is 0 Å². The first-order valence-electron chi connectivity index (χ1n) is 4.71. The molecule has 0 aromatic carbocycles. The summed E-state index contributed by atoms with van der Waals surface area (Å²) in [7, 11) is 0. The van der Waals surface area contributed by atoms with E-state index < -0.39 is 6.17 Å². The molecule has 0 spiro atoms. The molecule has 0 radical (unpaired) electrons. The molecule has 3 heteroatoms. The summed E-state index contributed by atoms with van der Waals surface area (Å²) in [5, 5.41) is 0. The van der Waals surface area contributed by atoms with Gasteiger partial charge in [0.1, 0.15) is 6.17 Å². The van der Waals surface area contributed by atoms with Crippen LogP contribution in [0.1, 0.15) is 20.3 Å². The van der Waals surface area contributed by atoms with Crippen LogP contribution in [-0.2, 0) is 0 Å². The van der Waals surface area contributed by atoms with Crippen LogP contribution in [0.3, 0.4) is 0 Å². The molecule has 1 heterocycles. The van der Waals surface area contributed by atoms with E-state index in [-0.39, 0.29) is 6.04 Å². The van der Waals surface area contributed by atoms with Crippen LogP contribution in [0, 0.1) is 5.92 Å². The summed E-state index contributed by atoms with van der Waals surface area (Å²) in [5.74, 6) is 0.617. The van der Waals surface area contributed by atoms with Crippen molar-refractivity contribution in [1.82, 2.24) is 4.90 Å². The number of rotatable bonds is 2. The molecular weight excluding hydrogens is 155 g/mol. The molecule has 1 aliphatic heterocycles. The van der Waals surface area contributed by atoms with E-state index in [0.29, 0.717) is 12.5 Å². The van der Waals surface area contributed by atoms with Gasteiger partial charge < -0.3 is 10.6 Å². The lowest BCUT2D eigenvalue weighted by Crippen LogP contribution is -2.49. The molecule has 1 aliphatic rings. The minimum absolute atomic E-state index is 0.228. The van der Waals surface area contributed by atoms with Crippen LogP contribution in [0.4, 0.5) is 4.39 Å². The Morgan fingerprint density at radius 2 is 2.25 bits per heavy atom. The van der Waals surface area contributed by atoms with Crippen molar-refractivity contribution in [2.24, 2.45) is 11.7 Å². The fraction of sp³-hybridized carbons (Fsp3) is 1.00. The smallest absolute Gasteiger partial charge is 0.128 e. The second-order valence-corrected chi connectivity index (χ2v) is 4.12. The molecule has 0 aromatic heterocycles. The maximum atomic E-state index is 13.1. The summed E-state index contributed by atoms with van der Waals surface area (Å²) < 4.78 is 13.1. The monoisotopic (exact) mass is 174 g/mol. The van der Waals surface area contributed by atoms with Crippen LogP contribution in [0.5, 0.6) is 0 Å². The highest BCUT2D eigenvalue weighted by Gasteiger charge is 2.26. The van der Waals surface area contributed by atoms with E-state index in [2.05, 4.69) is 18.7 Å². The lowest BCUT2D eigenvalue weighted by Gasteiger charge is -2.33. The van der Waals surface area contributed by atoms with Gasteiger partial charge in [0.15, 0.2) is 0 Å².